The minimum atomic E-state index is -0.330. The van der Waals surface area contributed by atoms with Crippen LogP contribution in [0.2, 0.25) is 0 Å². The number of anilines is 1. The van der Waals surface area contributed by atoms with E-state index >= 15 is 0 Å². The lowest BCUT2D eigenvalue weighted by Crippen LogP contribution is -2.39. The fourth-order valence-corrected chi connectivity index (χ4v) is 3.01. The van der Waals surface area contributed by atoms with Crippen LogP contribution in [0.4, 0.5) is 14.9 Å². The number of nitrogens with zero attached hydrogens (tertiary/aromatic N) is 3. The van der Waals surface area contributed by atoms with Gasteiger partial charge in [0.15, 0.2) is 5.82 Å². The Balaban J connectivity index is 1.24. The molecule has 2 fully saturated rings. The van der Waals surface area contributed by atoms with Crippen molar-refractivity contribution in [3.05, 3.63) is 41.8 Å². The van der Waals surface area contributed by atoms with E-state index in [1.807, 2.05) is 0 Å². The summed E-state index contributed by atoms with van der Waals surface area (Å²) in [5.74, 6) is 1.62. The molecule has 132 valence electrons. The quantitative estimate of drug-likeness (QED) is 0.870. The van der Waals surface area contributed by atoms with E-state index in [2.05, 4.69) is 25.7 Å². The maximum Gasteiger partial charge on any atom is 0.319 e. The van der Waals surface area contributed by atoms with Crippen LogP contribution < -0.4 is 10.6 Å². The largest absolute Gasteiger partial charge is 0.338 e. The molecule has 8 heteroatoms. The molecule has 2 aliphatic rings. The van der Waals surface area contributed by atoms with E-state index in [1.54, 1.807) is 0 Å². The summed E-state index contributed by atoms with van der Waals surface area (Å²) in [4.78, 5) is 18.7. The SMILES string of the molecule is O=C(Nc1ccc(F)cc1)NC1CCN(Cc2nc(C3CC3)no2)C1. The van der Waals surface area contributed by atoms with Gasteiger partial charge in [0.2, 0.25) is 5.89 Å². The summed E-state index contributed by atoms with van der Waals surface area (Å²) in [6, 6.07) is 5.46. The topological polar surface area (TPSA) is 83.3 Å². The number of likely N-dealkylation sites (tertiary alicyclic amines) is 1. The fourth-order valence-electron chi connectivity index (χ4n) is 3.01. The third kappa shape index (κ3) is 4.14. The minimum Gasteiger partial charge on any atom is -0.338 e. The molecule has 2 heterocycles. The summed E-state index contributed by atoms with van der Waals surface area (Å²) in [6.45, 7) is 2.21. The van der Waals surface area contributed by atoms with E-state index in [-0.39, 0.29) is 17.9 Å². The lowest BCUT2D eigenvalue weighted by Gasteiger charge is -2.15. The van der Waals surface area contributed by atoms with Crippen molar-refractivity contribution in [2.24, 2.45) is 0 Å². The summed E-state index contributed by atoms with van der Waals surface area (Å²) >= 11 is 0. The molecule has 1 saturated carbocycles. The third-order valence-corrected chi connectivity index (χ3v) is 4.49. The van der Waals surface area contributed by atoms with Crippen LogP contribution in [-0.2, 0) is 6.54 Å². The van der Waals surface area contributed by atoms with E-state index < -0.39 is 0 Å². The van der Waals surface area contributed by atoms with Crippen molar-refractivity contribution in [1.82, 2.24) is 20.4 Å². The van der Waals surface area contributed by atoms with E-state index in [0.29, 0.717) is 24.0 Å². The van der Waals surface area contributed by atoms with E-state index in [1.165, 1.54) is 24.3 Å². The predicted molar refractivity (Wildman–Crippen MR) is 88.5 cm³/mol. The molecule has 1 aromatic heterocycles. The molecule has 2 N–H and O–H groups in total. The molecule has 1 aliphatic heterocycles. The zero-order valence-electron chi connectivity index (χ0n) is 13.7. The van der Waals surface area contributed by atoms with Crippen LogP contribution in [-0.4, -0.2) is 40.2 Å². The number of carbonyl (C=O) groups is 1. The normalized spacial score (nSPS) is 20.6. The highest BCUT2D eigenvalue weighted by molar-refractivity contribution is 5.89. The highest BCUT2D eigenvalue weighted by Crippen LogP contribution is 2.38. The van der Waals surface area contributed by atoms with Gasteiger partial charge >= 0.3 is 6.03 Å². The number of halogens is 1. The van der Waals surface area contributed by atoms with E-state index in [9.17, 15) is 9.18 Å². The van der Waals surface area contributed by atoms with Gasteiger partial charge in [-0.2, -0.15) is 4.98 Å². The van der Waals surface area contributed by atoms with Crippen LogP contribution in [0.1, 0.15) is 36.9 Å². The van der Waals surface area contributed by atoms with Crippen molar-refractivity contribution in [3.63, 3.8) is 0 Å². The Hall–Kier alpha value is -2.48. The molecule has 7 nitrogen and oxygen atoms in total. The molecule has 4 rings (SSSR count). The first-order valence-corrected chi connectivity index (χ1v) is 8.53. The number of urea groups is 1. The van der Waals surface area contributed by atoms with Gasteiger partial charge in [0.1, 0.15) is 5.82 Å². The van der Waals surface area contributed by atoms with E-state index in [4.69, 9.17) is 4.52 Å². The average molecular weight is 345 g/mol. The smallest absolute Gasteiger partial charge is 0.319 e. The molecule has 1 unspecified atom stereocenters. The van der Waals surface area contributed by atoms with Crippen molar-refractivity contribution < 1.29 is 13.7 Å². The van der Waals surface area contributed by atoms with Crippen LogP contribution in [0.5, 0.6) is 0 Å². The molecule has 0 spiro atoms. The van der Waals surface area contributed by atoms with Gasteiger partial charge in [-0.3, -0.25) is 4.90 Å². The lowest BCUT2D eigenvalue weighted by molar-refractivity contribution is 0.244. The number of hydrogen-bond acceptors (Lipinski definition) is 5. The molecule has 1 aromatic carbocycles. The first-order valence-electron chi connectivity index (χ1n) is 8.53. The predicted octanol–water partition coefficient (Wildman–Crippen LogP) is 2.48. The molecule has 2 amide bonds. The van der Waals surface area contributed by atoms with Gasteiger partial charge < -0.3 is 15.2 Å². The second-order valence-corrected chi connectivity index (χ2v) is 6.65. The molecule has 1 atom stereocenters. The molecular weight excluding hydrogens is 325 g/mol. The fraction of sp³-hybridized carbons (Fsp3) is 0.471. The van der Waals surface area contributed by atoms with Crippen LogP contribution in [0.15, 0.2) is 28.8 Å². The second-order valence-electron chi connectivity index (χ2n) is 6.65. The van der Waals surface area contributed by atoms with Crippen molar-refractivity contribution >= 4 is 11.7 Å². The Kier molecular flexibility index (Phi) is 4.35. The minimum absolute atomic E-state index is 0.0614. The van der Waals surface area contributed by atoms with Gasteiger partial charge in [-0.1, -0.05) is 5.16 Å². The van der Waals surface area contributed by atoms with Gasteiger partial charge in [-0.15, -0.1) is 0 Å². The second kappa shape index (κ2) is 6.79. The van der Waals surface area contributed by atoms with E-state index in [0.717, 1.165) is 38.2 Å². The number of nitrogens with one attached hydrogen (secondary N) is 2. The zero-order valence-corrected chi connectivity index (χ0v) is 13.7. The maximum absolute atomic E-state index is 12.9. The summed E-state index contributed by atoms with van der Waals surface area (Å²) in [7, 11) is 0. The highest BCUT2D eigenvalue weighted by atomic mass is 19.1. The number of rotatable bonds is 5. The zero-order chi connectivity index (χ0) is 17.2. The molecule has 25 heavy (non-hydrogen) atoms. The van der Waals surface area contributed by atoms with Crippen molar-refractivity contribution in [2.45, 2.75) is 37.8 Å². The highest BCUT2D eigenvalue weighted by Gasteiger charge is 2.30. The average Bonchev–Trinajstić information content (AvgIpc) is 3.19. The monoisotopic (exact) mass is 345 g/mol. The molecule has 1 aliphatic carbocycles. The molecule has 0 radical (unpaired) electrons. The Labute approximate surface area is 144 Å². The molecular formula is C17H20FN5O2. The van der Waals surface area contributed by atoms with Crippen LogP contribution in [0.25, 0.3) is 0 Å². The Morgan fingerprint density at radius 3 is 2.84 bits per heavy atom. The van der Waals surface area contributed by atoms with Gasteiger partial charge in [0, 0.05) is 30.7 Å². The van der Waals surface area contributed by atoms with Gasteiger partial charge in [0.05, 0.1) is 6.54 Å². The molecule has 0 bridgehead atoms. The first kappa shape index (κ1) is 16.0. The van der Waals surface area contributed by atoms with Crippen molar-refractivity contribution in [2.75, 3.05) is 18.4 Å². The Bertz CT molecular complexity index is 744. The molecule has 1 saturated heterocycles. The van der Waals surface area contributed by atoms with Crippen LogP contribution in [0, 0.1) is 5.82 Å². The maximum atomic E-state index is 12.9. The first-order chi connectivity index (χ1) is 12.2. The number of benzene rings is 1. The number of aromatic nitrogens is 2. The molecule has 2 aromatic rings. The summed E-state index contributed by atoms with van der Waals surface area (Å²) in [5, 5.41) is 9.67. The van der Waals surface area contributed by atoms with Gasteiger partial charge in [-0.25, -0.2) is 9.18 Å². The van der Waals surface area contributed by atoms with Gasteiger partial charge in [0.25, 0.3) is 0 Å². The third-order valence-electron chi connectivity index (χ3n) is 4.49. The Morgan fingerprint density at radius 2 is 2.08 bits per heavy atom. The standard InChI is InChI=1S/C17H20FN5O2/c18-12-3-5-13(6-4-12)19-17(24)20-14-7-8-23(9-14)10-15-21-16(22-25-15)11-1-2-11/h3-6,11,14H,1-2,7-10H2,(H2,19,20,24). The summed E-state index contributed by atoms with van der Waals surface area (Å²) in [5.41, 5.74) is 0.562. The van der Waals surface area contributed by atoms with Crippen LogP contribution >= 0.6 is 0 Å². The van der Waals surface area contributed by atoms with Gasteiger partial charge in [-0.05, 0) is 43.5 Å². The number of carbonyl (C=O) groups excluding carboxylic acids is 1. The summed E-state index contributed by atoms with van der Waals surface area (Å²) < 4.78 is 18.2. The van der Waals surface area contributed by atoms with Crippen molar-refractivity contribution in [3.8, 4) is 0 Å². The van der Waals surface area contributed by atoms with Crippen molar-refractivity contribution in [1.29, 1.82) is 0 Å². The lowest BCUT2D eigenvalue weighted by atomic mass is 10.3. The number of hydrogen-bond donors (Lipinski definition) is 2. The van der Waals surface area contributed by atoms with Crippen LogP contribution in [0.3, 0.4) is 0 Å². The Morgan fingerprint density at radius 1 is 1.28 bits per heavy atom. The number of amides is 2. The summed E-state index contributed by atoms with van der Waals surface area (Å²) in [6.07, 6.45) is 3.16.